The summed E-state index contributed by atoms with van der Waals surface area (Å²) in [4.78, 5) is 11.8. The van der Waals surface area contributed by atoms with E-state index in [9.17, 15) is 13.6 Å². The van der Waals surface area contributed by atoms with Crippen LogP contribution in [0, 0.1) is 29.5 Å². The number of nitrogens with zero attached hydrogens (tertiary/aromatic N) is 1. The van der Waals surface area contributed by atoms with Crippen LogP contribution in [0.5, 0.6) is 5.75 Å². The SMILES string of the molecule is CC#CCOc1cc(F)c(-c2[c-]ccc(=O)n2CC)c(F)c1.[Y]. The molecule has 0 spiro atoms. The average molecular weight is 391 g/mol. The molecule has 0 unspecified atom stereocenters. The van der Waals surface area contributed by atoms with Gasteiger partial charge in [-0.1, -0.05) is 17.7 Å². The Balaban J connectivity index is 0.00000264. The molecule has 1 heterocycles. The molecule has 0 aliphatic rings. The van der Waals surface area contributed by atoms with Crippen molar-refractivity contribution in [2.75, 3.05) is 6.61 Å². The number of ether oxygens (including phenoxy) is 1. The topological polar surface area (TPSA) is 31.2 Å². The average Bonchev–Trinajstić information content (AvgIpc) is 2.47. The summed E-state index contributed by atoms with van der Waals surface area (Å²) in [6.07, 6.45) is 0. The van der Waals surface area contributed by atoms with Gasteiger partial charge in [0, 0.05) is 51.4 Å². The summed E-state index contributed by atoms with van der Waals surface area (Å²) in [7, 11) is 0. The number of hydrogen-bond acceptors (Lipinski definition) is 2. The van der Waals surface area contributed by atoms with Gasteiger partial charge in [-0.3, -0.25) is 4.79 Å². The van der Waals surface area contributed by atoms with Crippen molar-refractivity contribution in [2.45, 2.75) is 20.4 Å². The third-order valence-corrected chi connectivity index (χ3v) is 3.04. The summed E-state index contributed by atoms with van der Waals surface area (Å²) in [5.74, 6) is 3.67. The van der Waals surface area contributed by atoms with E-state index in [1.807, 2.05) is 0 Å². The van der Waals surface area contributed by atoms with Crippen molar-refractivity contribution in [3.05, 3.63) is 52.3 Å². The van der Waals surface area contributed by atoms with Crippen LogP contribution in [0.25, 0.3) is 11.3 Å². The van der Waals surface area contributed by atoms with Crippen LogP contribution in [0.1, 0.15) is 13.8 Å². The molecule has 1 aromatic carbocycles. The van der Waals surface area contributed by atoms with Crippen LogP contribution in [-0.4, -0.2) is 11.2 Å². The van der Waals surface area contributed by atoms with E-state index in [0.29, 0.717) is 0 Å². The van der Waals surface area contributed by atoms with Crippen LogP contribution in [0.4, 0.5) is 8.78 Å². The van der Waals surface area contributed by atoms with Gasteiger partial charge in [-0.05, 0) is 19.4 Å². The maximum atomic E-state index is 14.3. The molecule has 117 valence electrons. The van der Waals surface area contributed by atoms with E-state index >= 15 is 0 Å². The zero-order chi connectivity index (χ0) is 16.1. The van der Waals surface area contributed by atoms with Gasteiger partial charge in [0.05, 0.1) is 11.6 Å². The van der Waals surface area contributed by atoms with Crippen molar-refractivity contribution in [2.24, 2.45) is 0 Å². The number of aromatic nitrogens is 1. The van der Waals surface area contributed by atoms with E-state index in [2.05, 4.69) is 17.9 Å². The second kappa shape index (κ2) is 8.95. The van der Waals surface area contributed by atoms with Crippen LogP contribution in [0.2, 0.25) is 0 Å². The Hall–Kier alpha value is -1.51. The molecular formula is C17H14F2NO2Y-. The smallest absolute Gasteiger partial charge is 0.194 e. The molecule has 0 atom stereocenters. The molecule has 0 fully saturated rings. The molecule has 0 amide bonds. The Bertz CT molecular complexity index is 783. The zero-order valence-electron chi connectivity index (χ0n) is 12.8. The Morgan fingerprint density at radius 1 is 1.30 bits per heavy atom. The number of pyridine rings is 1. The van der Waals surface area contributed by atoms with Gasteiger partial charge in [-0.2, -0.15) is 12.1 Å². The first-order valence-electron chi connectivity index (χ1n) is 6.71. The quantitative estimate of drug-likeness (QED) is 0.593. The summed E-state index contributed by atoms with van der Waals surface area (Å²) in [5, 5.41) is 0. The fraction of sp³-hybridized carbons (Fsp3) is 0.235. The van der Waals surface area contributed by atoms with Crippen molar-refractivity contribution in [3.63, 3.8) is 0 Å². The van der Waals surface area contributed by atoms with Crippen LogP contribution < -0.4 is 10.3 Å². The summed E-state index contributed by atoms with van der Waals surface area (Å²) in [6.45, 7) is 3.69. The first kappa shape index (κ1) is 19.5. The number of halogens is 2. The summed E-state index contributed by atoms with van der Waals surface area (Å²) >= 11 is 0. The van der Waals surface area contributed by atoms with Crippen LogP contribution in [0.15, 0.2) is 29.1 Å². The minimum absolute atomic E-state index is 0. The number of benzene rings is 1. The third-order valence-electron chi connectivity index (χ3n) is 3.04. The molecule has 0 aliphatic carbocycles. The Kier molecular flexibility index (Phi) is 7.61. The van der Waals surface area contributed by atoms with Crippen LogP contribution in [0.3, 0.4) is 0 Å². The second-order valence-corrected chi connectivity index (χ2v) is 4.39. The molecular weight excluding hydrogens is 377 g/mol. The maximum absolute atomic E-state index is 14.3. The Morgan fingerprint density at radius 3 is 2.52 bits per heavy atom. The summed E-state index contributed by atoms with van der Waals surface area (Å²) in [5.41, 5.74) is -0.563. The molecule has 0 aliphatic heterocycles. The second-order valence-electron chi connectivity index (χ2n) is 4.39. The Morgan fingerprint density at radius 2 is 1.96 bits per heavy atom. The molecule has 0 bridgehead atoms. The molecule has 23 heavy (non-hydrogen) atoms. The van der Waals surface area contributed by atoms with Crippen molar-refractivity contribution in [1.82, 2.24) is 4.57 Å². The van der Waals surface area contributed by atoms with E-state index in [4.69, 9.17) is 4.74 Å². The van der Waals surface area contributed by atoms with Gasteiger partial charge in [0.2, 0.25) is 0 Å². The fourth-order valence-electron chi connectivity index (χ4n) is 2.04. The molecule has 6 heteroatoms. The van der Waals surface area contributed by atoms with E-state index in [1.165, 1.54) is 16.7 Å². The molecule has 0 saturated heterocycles. The van der Waals surface area contributed by atoms with Gasteiger partial charge in [0.15, 0.2) is 5.56 Å². The molecule has 2 rings (SSSR count). The van der Waals surface area contributed by atoms with Gasteiger partial charge in [0.25, 0.3) is 0 Å². The monoisotopic (exact) mass is 391 g/mol. The van der Waals surface area contributed by atoms with Gasteiger partial charge in [-0.25, -0.2) is 8.78 Å². The van der Waals surface area contributed by atoms with Crippen molar-refractivity contribution in [1.29, 1.82) is 0 Å². The fourth-order valence-corrected chi connectivity index (χ4v) is 2.04. The minimum atomic E-state index is -0.816. The van der Waals surface area contributed by atoms with Crippen molar-refractivity contribution >= 4 is 0 Å². The van der Waals surface area contributed by atoms with Crippen molar-refractivity contribution in [3.8, 4) is 28.8 Å². The van der Waals surface area contributed by atoms with Gasteiger partial charge in [0.1, 0.15) is 12.4 Å². The normalized spacial score (nSPS) is 9.57. The van der Waals surface area contributed by atoms with E-state index < -0.39 is 11.6 Å². The Labute approximate surface area is 158 Å². The number of rotatable bonds is 4. The largest absolute Gasteiger partial charge is 0.481 e. The zero-order valence-corrected chi connectivity index (χ0v) is 15.7. The van der Waals surface area contributed by atoms with Crippen molar-refractivity contribution < 1.29 is 46.2 Å². The standard InChI is InChI=1S/C17H14F2NO2.Y/c1-3-5-9-22-12-10-13(18)17(14(19)11-12)15-7-6-8-16(21)20(15)4-2;/h6,8,10-11H,4,9H2,1-2H3;/q-1;. The van der Waals surface area contributed by atoms with E-state index in [1.54, 1.807) is 13.8 Å². The number of hydrogen-bond donors (Lipinski definition) is 0. The van der Waals surface area contributed by atoms with Gasteiger partial charge >= 0.3 is 0 Å². The summed E-state index contributed by atoms with van der Waals surface area (Å²) in [6, 6.07) is 7.51. The summed E-state index contributed by atoms with van der Waals surface area (Å²) < 4.78 is 34.9. The predicted molar refractivity (Wildman–Crippen MR) is 79.5 cm³/mol. The van der Waals surface area contributed by atoms with Crippen LogP contribution in [-0.2, 0) is 39.3 Å². The predicted octanol–water partition coefficient (Wildman–Crippen LogP) is 3.01. The van der Waals surface area contributed by atoms with Gasteiger partial charge in [-0.15, -0.1) is 5.92 Å². The maximum Gasteiger partial charge on any atom is 0.194 e. The molecule has 3 nitrogen and oxygen atoms in total. The molecule has 0 saturated carbocycles. The van der Waals surface area contributed by atoms with Crippen LogP contribution >= 0.6 is 0 Å². The third kappa shape index (κ3) is 4.49. The van der Waals surface area contributed by atoms with E-state index in [-0.39, 0.29) is 68.4 Å². The molecule has 0 N–H and O–H groups in total. The molecule has 1 radical (unpaired) electrons. The molecule has 1 aromatic heterocycles. The van der Waals surface area contributed by atoms with E-state index in [0.717, 1.165) is 12.1 Å². The molecule has 2 aromatic rings. The van der Waals surface area contributed by atoms with Gasteiger partial charge < -0.3 is 9.30 Å². The first-order chi connectivity index (χ1) is 10.6. The minimum Gasteiger partial charge on any atom is -0.481 e. The first-order valence-corrected chi connectivity index (χ1v) is 6.71.